The predicted molar refractivity (Wildman–Crippen MR) is 73.7 cm³/mol. The summed E-state index contributed by atoms with van der Waals surface area (Å²) >= 11 is 5.90. The Kier molecular flexibility index (Phi) is 3.05. The number of likely N-dealkylation sites (tertiary alicyclic amines) is 1. The molecule has 6 heteroatoms. The number of carbonyl (C=O) groups is 2. The molecular formula is C14H17ClN2O3. The molecular weight excluding hydrogens is 280 g/mol. The van der Waals surface area contributed by atoms with E-state index in [-0.39, 0.29) is 17.2 Å². The minimum absolute atomic E-state index is 0.0261. The van der Waals surface area contributed by atoms with Gasteiger partial charge in [0.2, 0.25) is 0 Å². The minimum atomic E-state index is -0.695. The topological polar surface area (TPSA) is 62.5 Å². The summed E-state index contributed by atoms with van der Waals surface area (Å²) in [5.74, 6) is -0.926. The van der Waals surface area contributed by atoms with Crippen molar-refractivity contribution in [1.82, 2.24) is 9.47 Å². The van der Waals surface area contributed by atoms with Crippen LogP contribution in [0.4, 0.5) is 0 Å². The first kappa shape index (κ1) is 13.5. The van der Waals surface area contributed by atoms with Gasteiger partial charge in [-0.2, -0.15) is 0 Å². The zero-order chi connectivity index (χ0) is 14.5. The maximum absolute atomic E-state index is 12.4. The van der Waals surface area contributed by atoms with Crippen LogP contribution < -0.4 is 0 Å². The molecule has 5 nitrogen and oxygen atoms in total. The van der Waals surface area contributed by atoms with E-state index >= 15 is 0 Å². The molecule has 0 aromatic carbocycles. The molecule has 1 atom stereocenters. The van der Waals surface area contributed by atoms with Crippen molar-refractivity contribution in [2.75, 3.05) is 13.1 Å². The lowest BCUT2D eigenvalue weighted by atomic mass is 9.90. The van der Waals surface area contributed by atoms with Gasteiger partial charge in [0, 0.05) is 26.3 Å². The second-order valence-corrected chi connectivity index (χ2v) is 6.34. The number of carboxylic acid groups (broad SMARTS) is 1. The number of amides is 1. The van der Waals surface area contributed by atoms with Crippen molar-refractivity contribution in [2.24, 2.45) is 18.4 Å². The number of halogens is 1. The zero-order valence-electron chi connectivity index (χ0n) is 11.3. The lowest BCUT2D eigenvalue weighted by Gasteiger charge is -2.32. The fourth-order valence-electron chi connectivity index (χ4n) is 3.30. The number of aliphatic carboxylic acids is 1. The van der Waals surface area contributed by atoms with Crippen molar-refractivity contribution < 1.29 is 14.7 Å². The number of aryl methyl sites for hydroxylation is 1. The van der Waals surface area contributed by atoms with E-state index in [4.69, 9.17) is 16.7 Å². The summed E-state index contributed by atoms with van der Waals surface area (Å²) in [7, 11) is 1.80. The van der Waals surface area contributed by atoms with Crippen molar-refractivity contribution in [2.45, 2.75) is 19.3 Å². The fraction of sp³-hybridized carbons (Fsp3) is 0.571. The molecule has 1 saturated carbocycles. The van der Waals surface area contributed by atoms with E-state index in [1.165, 1.54) is 0 Å². The number of hydrogen-bond donors (Lipinski definition) is 1. The lowest BCUT2D eigenvalue weighted by Crippen LogP contribution is -2.40. The quantitative estimate of drug-likeness (QED) is 0.908. The van der Waals surface area contributed by atoms with Gasteiger partial charge in [-0.15, -0.1) is 0 Å². The summed E-state index contributed by atoms with van der Waals surface area (Å²) in [5.41, 5.74) is 0.533. The highest BCUT2D eigenvalue weighted by atomic mass is 35.5. The first-order valence-electron chi connectivity index (χ1n) is 6.77. The molecule has 1 saturated heterocycles. The molecule has 1 aliphatic carbocycles. The SMILES string of the molecule is Cn1cc(Cl)cc1C(=O)N1CCC2(CC1)CC2C(=O)O. The van der Waals surface area contributed by atoms with Crippen LogP contribution in [-0.4, -0.2) is 39.5 Å². The fourth-order valence-corrected chi connectivity index (χ4v) is 3.55. The Morgan fingerprint density at radius 2 is 2.05 bits per heavy atom. The van der Waals surface area contributed by atoms with Gasteiger partial charge in [-0.25, -0.2) is 0 Å². The van der Waals surface area contributed by atoms with E-state index < -0.39 is 5.97 Å². The van der Waals surface area contributed by atoms with Gasteiger partial charge in [0.1, 0.15) is 5.69 Å². The molecule has 108 valence electrons. The van der Waals surface area contributed by atoms with E-state index in [1.54, 1.807) is 28.8 Å². The number of hydrogen-bond acceptors (Lipinski definition) is 2. The summed E-state index contributed by atoms with van der Waals surface area (Å²) in [6.45, 7) is 1.26. The van der Waals surface area contributed by atoms with Gasteiger partial charge in [-0.05, 0) is 30.7 Å². The molecule has 2 aliphatic rings. The summed E-state index contributed by atoms with van der Waals surface area (Å²) in [6.07, 6.45) is 4.05. The molecule has 20 heavy (non-hydrogen) atoms. The second kappa shape index (κ2) is 4.52. The zero-order valence-corrected chi connectivity index (χ0v) is 12.1. The minimum Gasteiger partial charge on any atom is -0.481 e. The number of rotatable bonds is 2. The Labute approximate surface area is 122 Å². The first-order chi connectivity index (χ1) is 9.43. The van der Waals surface area contributed by atoms with Crippen LogP contribution in [0.5, 0.6) is 0 Å². The van der Waals surface area contributed by atoms with Crippen LogP contribution in [0.2, 0.25) is 5.02 Å². The second-order valence-electron chi connectivity index (χ2n) is 5.90. The van der Waals surface area contributed by atoms with Crippen LogP contribution in [0.25, 0.3) is 0 Å². The van der Waals surface area contributed by atoms with Crippen LogP contribution in [0.1, 0.15) is 29.8 Å². The number of carboxylic acids is 1. The van der Waals surface area contributed by atoms with E-state index in [9.17, 15) is 9.59 Å². The lowest BCUT2D eigenvalue weighted by molar-refractivity contribution is -0.139. The average Bonchev–Trinajstić information content (AvgIpc) is 2.99. The van der Waals surface area contributed by atoms with Gasteiger partial charge >= 0.3 is 5.97 Å². The highest BCUT2D eigenvalue weighted by Crippen LogP contribution is 2.59. The van der Waals surface area contributed by atoms with Gasteiger partial charge < -0.3 is 14.6 Å². The maximum atomic E-state index is 12.4. The van der Waals surface area contributed by atoms with Crippen LogP contribution in [0.15, 0.2) is 12.3 Å². The Morgan fingerprint density at radius 3 is 2.50 bits per heavy atom. The first-order valence-corrected chi connectivity index (χ1v) is 7.15. The highest BCUT2D eigenvalue weighted by Gasteiger charge is 2.59. The summed E-state index contributed by atoms with van der Waals surface area (Å²) in [4.78, 5) is 25.2. The Morgan fingerprint density at radius 1 is 1.40 bits per heavy atom. The predicted octanol–water partition coefficient (Wildman–Crippen LogP) is 2.01. The van der Waals surface area contributed by atoms with E-state index in [2.05, 4.69) is 0 Å². The molecule has 3 rings (SSSR count). The standard InChI is InChI=1S/C14H17ClN2O3/c1-16-8-9(15)6-11(16)12(18)17-4-2-14(3-5-17)7-10(14)13(19)20/h6,8,10H,2-5,7H2,1H3,(H,19,20). The van der Waals surface area contributed by atoms with E-state index in [0.29, 0.717) is 23.8 Å². The number of carbonyl (C=O) groups excluding carboxylic acids is 1. The van der Waals surface area contributed by atoms with Gasteiger partial charge in [0.25, 0.3) is 5.91 Å². The summed E-state index contributed by atoms with van der Waals surface area (Å²) in [5, 5.41) is 9.62. The monoisotopic (exact) mass is 296 g/mol. The van der Waals surface area contributed by atoms with Crippen LogP contribution >= 0.6 is 11.6 Å². The number of piperidine rings is 1. The Hall–Kier alpha value is -1.49. The molecule has 0 radical (unpaired) electrons. The van der Waals surface area contributed by atoms with Crippen molar-refractivity contribution in [3.63, 3.8) is 0 Å². The largest absolute Gasteiger partial charge is 0.481 e. The van der Waals surface area contributed by atoms with E-state index in [1.807, 2.05) is 0 Å². The van der Waals surface area contributed by atoms with Gasteiger partial charge in [-0.1, -0.05) is 11.6 Å². The van der Waals surface area contributed by atoms with E-state index in [0.717, 1.165) is 19.3 Å². The summed E-state index contributed by atoms with van der Waals surface area (Å²) < 4.78 is 1.73. The van der Waals surface area contributed by atoms with Crippen molar-refractivity contribution in [1.29, 1.82) is 0 Å². The Balaban J connectivity index is 1.66. The third-order valence-corrected chi connectivity index (χ3v) is 4.93. The van der Waals surface area contributed by atoms with Gasteiger partial charge in [0.15, 0.2) is 0 Å². The summed E-state index contributed by atoms with van der Waals surface area (Å²) in [6, 6.07) is 1.67. The van der Waals surface area contributed by atoms with Gasteiger partial charge in [0.05, 0.1) is 10.9 Å². The average molecular weight is 297 g/mol. The normalized spacial score (nSPS) is 23.9. The molecule has 0 bridgehead atoms. The van der Waals surface area contributed by atoms with Crippen LogP contribution in [0.3, 0.4) is 0 Å². The van der Waals surface area contributed by atoms with Crippen LogP contribution in [0, 0.1) is 11.3 Å². The molecule has 2 fully saturated rings. The molecule has 1 N–H and O–H groups in total. The molecule has 1 amide bonds. The van der Waals surface area contributed by atoms with Gasteiger partial charge in [-0.3, -0.25) is 9.59 Å². The Bertz CT molecular complexity index is 573. The van der Waals surface area contributed by atoms with Crippen molar-refractivity contribution >= 4 is 23.5 Å². The molecule has 1 aromatic rings. The maximum Gasteiger partial charge on any atom is 0.307 e. The van der Waals surface area contributed by atoms with Crippen molar-refractivity contribution in [3.8, 4) is 0 Å². The number of nitrogens with zero attached hydrogens (tertiary/aromatic N) is 2. The van der Waals surface area contributed by atoms with Crippen LogP contribution in [-0.2, 0) is 11.8 Å². The molecule has 1 unspecified atom stereocenters. The molecule has 1 aliphatic heterocycles. The molecule has 1 aromatic heterocycles. The van der Waals surface area contributed by atoms with Crippen molar-refractivity contribution in [3.05, 3.63) is 23.0 Å². The third kappa shape index (κ3) is 2.10. The molecule has 1 spiro atoms. The molecule has 2 heterocycles. The smallest absolute Gasteiger partial charge is 0.307 e. The number of aromatic nitrogens is 1. The third-order valence-electron chi connectivity index (χ3n) is 4.72. The highest BCUT2D eigenvalue weighted by molar-refractivity contribution is 6.31.